The highest BCUT2D eigenvalue weighted by molar-refractivity contribution is 7.89. The van der Waals surface area contributed by atoms with E-state index >= 15 is 0 Å². The normalized spacial score (nSPS) is 11.5. The third-order valence-electron chi connectivity index (χ3n) is 3.46. The fourth-order valence-electron chi connectivity index (χ4n) is 2.16. The van der Waals surface area contributed by atoms with Crippen molar-refractivity contribution in [3.05, 3.63) is 29.8 Å². The Bertz CT molecular complexity index is 610. The molecule has 1 aromatic rings. The molecule has 21 heavy (non-hydrogen) atoms. The van der Waals surface area contributed by atoms with Gasteiger partial charge in [0.25, 0.3) is 0 Å². The van der Waals surface area contributed by atoms with Crippen LogP contribution in [0.4, 0.5) is 0 Å². The van der Waals surface area contributed by atoms with E-state index in [1.807, 2.05) is 13.8 Å². The van der Waals surface area contributed by atoms with Crippen LogP contribution in [0, 0.1) is 11.8 Å². The Morgan fingerprint density at radius 1 is 1.24 bits per heavy atom. The lowest BCUT2D eigenvalue weighted by Crippen LogP contribution is -2.36. The molecule has 0 heterocycles. The number of benzene rings is 1. The van der Waals surface area contributed by atoms with Gasteiger partial charge < -0.3 is 5.11 Å². The highest BCUT2D eigenvalue weighted by Gasteiger charge is 2.27. The third kappa shape index (κ3) is 4.31. The summed E-state index contributed by atoms with van der Waals surface area (Å²) >= 11 is 0. The van der Waals surface area contributed by atoms with E-state index in [9.17, 15) is 8.42 Å². The monoisotopic (exact) mass is 309 g/mol. The Hall–Kier alpha value is -1.35. The van der Waals surface area contributed by atoms with Gasteiger partial charge in [-0.15, -0.1) is 0 Å². The van der Waals surface area contributed by atoms with Crippen LogP contribution in [0.3, 0.4) is 0 Å². The zero-order valence-corrected chi connectivity index (χ0v) is 13.7. The van der Waals surface area contributed by atoms with Crippen LogP contribution in [0.25, 0.3) is 0 Å². The van der Waals surface area contributed by atoms with Crippen molar-refractivity contribution in [3.8, 4) is 11.8 Å². The van der Waals surface area contributed by atoms with Gasteiger partial charge in [-0.25, -0.2) is 8.42 Å². The van der Waals surface area contributed by atoms with Crippen molar-refractivity contribution in [1.82, 2.24) is 4.31 Å². The first-order valence-corrected chi connectivity index (χ1v) is 8.59. The Morgan fingerprint density at radius 2 is 1.86 bits per heavy atom. The van der Waals surface area contributed by atoms with E-state index in [1.165, 1.54) is 4.31 Å². The highest BCUT2D eigenvalue weighted by Crippen LogP contribution is 2.22. The molecular formula is C16H23NO3S. The average molecular weight is 309 g/mol. The van der Waals surface area contributed by atoms with Crippen molar-refractivity contribution < 1.29 is 13.5 Å². The molecule has 0 radical (unpaired) electrons. The maximum Gasteiger partial charge on any atom is 0.244 e. The summed E-state index contributed by atoms with van der Waals surface area (Å²) in [5.74, 6) is 5.61. The second-order valence-corrected chi connectivity index (χ2v) is 6.73. The van der Waals surface area contributed by atoms with Crippen LogP contribution in [-0.4, -0.2) is 37.5 Å². The second-order valence-electron chi connectivity index (χ2n) is 4.76. The molecular weight excluding hydrogens is 286 g/mol. The maximum absolute atomic E-state index is 12.8. The van der Waals surface area contributed by atoms with E-state index in [0.717, 1.165) is 12.8 Å². The predicted octanol–water partition coefficient (Wildman–Crippen LogP) is 2.23. The molecule has 0 unspecified atom stereocenters. The largest absolute Gasteiger partial charge is 0.395 e. The van der Waals surface area contributed by atoms with E-state index < -0.39 is 10.0 Å². The van der Waals surface area contributed by atoms with Gasteiger partial charge in [0, 0.05) is 25.1 Å². The molecule has 0 aliphatic heterocycles. The molecule has 1 rings (SSSR count). The van der Waals surface area contributed by atoms with Crippen molar-refractivity contribution in [1.29, 1.82) is 0 Å². The van der Waals surface area contributed by atoms with Crippen LogP contribution < -0.4 is 0 Å². The lowest BCUT2D eigenvalue weighted by atomic mass is 10.2. The molecule has 116 valence electrons. The van der Waals surface area contributed by atoms with Crippen LogP contribution >= 0.6 is 0 Å². The number of sulfonamides is 1. The van der Waals surface area contributed by atoms with Gasteiger partial charge in [-0.3, -0.25) is 0 Å². The minimum atomic E-state index is -3.56. The van der Waals surface area contributed by atoms with Crippen LogP contribution in [0.1, 0.15) is 38.7 Å². The predicted molar refractivity (Wildman–Crippen MR) is 84.3 cm³/mol. The van der Waals surface area contributed by atoms with Crippen LogP contribution in [0.5, 0.6) is 0 Å². The van der Waals surface area contributed by atoms with Crippen molar-refractivity contribution in [2.75, 3.05) is 13.7 Å². The van der Waals surface area contributed by atoms with Gasteiger partial charge >= 0.3 is 0 Å². The molecule has 0 spiro atoms. The van der Waals surface area contributed by atoms with E-state index in [4.69, 9.17) is 5.11 Å². The molecule has 0 aliphatic rings. The summed E-state index contributed by atoms with van der Waals surface area (Å²) in [4.78, 5) is 0.227. The van der Waals surface area contributed by atoms with Crippen molar-refractivity contribution >= 4 is 10.0 Å². The Kier molecular flexibility index (Phi) is 6.90. The fourth-order valence-corrected chi connectivity index (χ4v) is 3.81. The summed E-state index contributed by atoms with van der Waals surface area (Å²) in [6.07, 6.45) is 1.87. The Labute approximate surface area is 127 Å². The molecule has 0 fully saturated rings. The summed E-state index contributed by atoms with van der Waals surface area (Å²) in [7, 11) is -1.95. The minimum absolute atomic E-state index is 0.0199. The standard InChI is InChI=1S/C16H23NO3S/c1-4-15(5-2)17(3)21(19,20)16-12-7-6-10-14(16)11-8-9-13-18/h6-7,10,12,15,18H,4-5,9,13H2,1-3H3. The topological polar surface area (TPSA) is 57.6 Å². The van der Waals surface area contributed by atoms with E-state index in [-0.39, 0.29) is 17.5 Å². The smallest absolute Gasteiger partial charge is 0.244 e. The summed E-state index contributed by atoms with van der Waals surface area (Å²) in [6.45, 7) is 3.93. The molecule has 0 bridgehead atoms. The lowest BCUT2D eigenvalue weighted by Gasteiger charge is -2.26. The number of hydrogen-bond donors (Lipinski definition) is 1. The fraction of sp³-hybridized carbons (Fsp3) is 0.500. The number of nitrogens with zero attached hydrogens (tertiary/aromatic N) is 1. The first kappa shape index (κ1) is 17.7. The van der Waals surface area contributed by atoms with Crippen LogP contribution in [0.15, 0.2) is 29.2 Å². The number of rotatable bonds is 6. The Morgan fingerprint density at radius 3 is 2.43 bits per heavy atom. The van der Waals surface area contributed by atoms with E-state index in [2.05, 4.69) is 11.8 Å². The number of aliphatic hydroxyl groups excluding tert-OH is 1. The maximum atomic E-state index is 12.8. The summed E-state index contributed by atoms with van der Waals surface area (Å²) in [5, 5.41) is 8.77. The van der Waals surface area contributed by atoms with Gasteiger partial charge in [-0.05, 0) is 25.0 Å². The van der Waals surface area contributed by atoms with Crippen molar-refractivity contribution in [3.63, 3.8) is 0 Å². The van der Waals surface area contributed by atoms with Crippen molar-refractivity contribution in [2.45, 2.75) is 44.0 Å². The zero-order valence-electron chi connectivity index (χ0n) is 12.8. The minimum Gasteiger partial charge on any atom is -0.395 e. The first-order chi connectivity index (χ1) is 9.98. The quantitative estimate of drug-likeness (QED) is 0.820. The lowest BCUT2D eigenvalue weighted by molar-refractivity contribution is 0.305. The van der Waals surface area contributed by atoms with Gasteiger partial charge in [0.15, 0.2) is 0 Å². The Balaban J connectivity index is 3.24. The molecule has 0 aliphatic carbocycles. The third-order valence-corrected chi connectivity index (χ3v) is 5.43. The molecule has 0 atom stereocenters. The molecule has 1 N–H and O–H groups in total. The van der Waals surface area contributed by atoms with Gasteiger partial charge in [-0.2, -0.15) is 4.31 Å². The average Bonchev–Trinajstić information content (AvgIpc) is 2.49. The molecule has 0 saturated carbocycles. The van der Waals surface area contributed by atoms with Gasteiger partial charge in [0.1, 0.15) is 0 Å². The van der Waals surface area contributed by atoms with Gasteiger partial charge in [0.05, 0.1) is 11.5 Å². The SMILES string of the molecule is CCC(CC)N(C)S(=O)(=O)c1ccccc1C#CCCO. The number of aliphatic hydroxyl groups is 1. The molecule has 5 heteroatoms. The van der Waals surface area contributed by atoms with Gasteiger partial charge in [-0.1, -0.05) is 37.8 Å². The molecule has 1 aromatic carbocycles. The van der Waals surface area contributed by atoms with E-state index in [0.29, 0.717) is 12.0 Å². The molecule has 0 amide bonds. The molecule has 0 aromatic heterocycles. The van der Waals surface area contributed by atoms with Gasteiger partial charge in [0.2, 0.25) is 10.0 Å². The van der Waals surface area contributed by atoms with Crippen LogP contribution in [0.2, 0.25) is 0 Å². The zero-order chi connectivity index (χ0) is 15.9. The molecule has 0 saturated heterocycles. The van der Waals surface area contributed by atoms with E-state index in [1.54, 1.807) is 31.3 Å². The number of hydrogen-bond acceptors (Lipinski definition) is 3. The highest BCUT2D eigenvalue weighted by atomic mass is 32.2. The summed E-state index contributed by atoms with van der Waals surface area (Å²) in [6, 6.07) is 6.72. The summed E-state index contributed by atoms with van der Waals surface area (Å²) < 4.78 is 26.9. The van der Waals surface area contributed by atoms with Crippen LogP contribution in [-0.2, 0) is 10.0 Å². The second kappa shape index (κ2) is 8.18. The molecule has 4 nitrogen and oxygen atoms in total. The first-order valence-electron chi connectivity index (χ1n) is 7.15. The van der Waals surface area contributed by atoms with Crippen molar-refractivity contribution in [2.24, 2.45) is 0 Å². The summed E-state index contributed by atoms with van der Waals surface area (Å²) in [5.41, 5.74) is 0.476.